The van der Waals surface area contributed by atoms with Crippen molar-refractivity contribution >= 4 is 17.5 Å². The van der Waals surface area contributed by atoms with Crippen LogP contribution in [0.1, 0.15) is 30.1 Å². The first-order valence-electron chi connectivity index (χ1n) is 6.16. The van der Waals surface area contributed by atoms with Gasteiger partial charge < -0.3 is 4.74 Å². The first kappa shape index (κ1) is 12.5. The Labute approximate surface area is 107 Å². The minimum atomic E-state index is 0.210. The summed E-state index contributed by atoms with van der Waals surface area (Å²) in [5, 5.41) is 0. The van der Waals surface area contributed by atoms with Gasteiger partial charge in [0.15, 0.2) is 5.78 Å². The van der Waals surface area contributed by atoms with Crippen molar-refractivity contribution in [2.45, 2.75) is 19.8 Å². The van der Waals surface area contributed by atoms with Crippen LogP contribution in [0.4, 0.5) is 0 Å². The van der Waals surface area contributed by atoms with Crippen LogP contribution >= 0.6 is 11.8 Å². The lowest BCUT2D eigenvalue weighted by Crippen LogP contribution is -2.13. The predicted octanol–water partition coefficient (Wildman–Crippen LogP) is 3.41. The van der Waals surface area contributed by atoms with E-state index in [9.17, 15) is 4.79 Å². The van der Waals surface area contributed by atoms with Gasteiger partial charge in [-0.3, -0.25) is 4.79 Å². The van der Waals surface area contributed by atoms with Crippen molar-refractivity contribution in [1.29, 1.82) is 0 Å². The van der Waals surface area contributed by atoms with Gasteiger partial charge in [0.25, 0.3) is 0 Å². The van der Waals surface area contributed by atoms with E-state index in [1.807, 2.05) is 36.0 Å². The molecule has 0 amide bonds. The summed E-state index contributed by atoms with van der Waals surface area (Å²) in [6.45, 7) is 2.78. The van der Waals surface area contributed by atoms with Crippen LogP contribution in [0.15, 0.2) is 24.3 Å². The molecule has 0 N–H and O–H groups in total. The molecule has 0 radical (unpaired) electrons. The van der Waals surface area contributed by atoms with Gasteiger partial charge in [0.1, 0.15) is 5.75 Å². The zero-order valence-corrected chi connectivity index (χ0v) is 11.0. The second kappa shape index (κ2) is 6.10. The highest BCUT2D eigenvalue weighted by atomic mass is 32.2. The van der Waals surface area contributed by atoms with Crippen molar-refractivity contribution in [2.75, 3.05) is 18.1 Å². The number of hydrogen-bond donors (Lipinski definition) is 0. The van der Waals surface area contributed by atoms with Crippen molar-refractivity contribution < 1.29 is 9.53 Å². The molecule has 1 heterocycles. The predicted molar refractivity (Wildman–Crippen MR) is 72.0 cm³/mol. The molecule has 1 aliphatic heterocycles. The molecule has 1 aromatic carbocycles. The number of thioether (sulfide) groups is 1. The summed E-state index contributed by atoms with van der Waals surface area (Å²) in [5.74, 6) is 3.38. The molecule has 0 bridgehead atoms. The highest BCUT2D eigenvalue weighted by molar-refractivity contribution is 7.99. The van der Waals surface area contributed by atoms with Crippen LogP contribution in [-0.4, -0.2) is 23.9 Å². The standard InChI is InChI=1S/C14H18O2S/c1-2-7-16-13-5-3-4-11(9-13)14(15)12-6-8-17-10-12/h3-5,9,12H,2,6-8,10H2,1H3. The Morgan fingerprint density at radius 3 is 3.12 bits per heavy atom. The van der Waals surface area contributed by atoms with Crippen molar-refractivity contribution in [3.63, 3.8) is 0 Å². The highest BCUT2D eigenvalue weighted by Gasteiger charge is 2.24. The maximum absolute atomic E-state index is 12.2. The Hall–Kier alpha value is -0.960. The lowest BCUT2D eigenvalue weighted by molar-refractivity contribution is 0.0933. The Balaban J connectivity index is 2.06. The monoisotopic (exact) mass is 250 g/mol. The molecule has 0 aromatic heterocycles. The van der Waals surface area contributed by atoms with Gasteiger partial charge in [-0.15, -0.1) is 0 Å². The van der Waals surface area contributed by atoms with Crippen LogP contribution in [0.5, 0.6) is 5.75 Å². The topological polar surface area (TPSA) is 26.3 Å². The van der Waals surface area contributed by atoms with Gasteiger partial charge in [-0.25, -0.2) is 0 Å². The molecule has 2 nitrogen and oxygen atoms in total. The first-order valence-corrected chi connectivity index (χ1v) is 7.31. The van der Waals surface area contributed by atoms with Crippen molar-refractivity contribution in [3.05, 3.63) is 29.8 Å². The summed E-state index contributed by atoms with van der Waals surface area (Å²) < 4.78 is 5.55. The maximum atomic E-state index is 12.2. The Bertz CT molecular complexity index is 384. The quantitative estimate of drug-likeness (QED) is 0.749. The lowest BCUT2D eigenvalue weighted by atomic mass is 9.97. The van der Waals surface area contributed by atoms with Crippen LogP contribution in [0.25, 0.3) is 0 Å². The van der Waals surface area contributed by atoms with Crippen LogP contribution in [0.3, 0.4) is 0 Å². The second-order valence-electron chi connectivity index (χ2n) is 4.30. The molecule has 0 spiro atoms. The summed E-state index contributed by atoms with van der Waals surface area (Å²) in [4.78, 5) is 12.2. The third-order valence-corrected chi connectivity index (χ3v) is 4.05. The van der Waals surface area contributed by atoms with E-state index in [1.165, 1.54) is 0 Å². The zero-order valence-electron chi connectivity index (χ0n) is 10.1. The number of Topliss-reactive ketones (excluding diaryl/α,β-unsaturated/α-hetero) is 1. The maximum Gasteiger partial charge on any atom is 0.166 e. The number of hydrogen-bond acceptors (Lipinski definition) is 3. The number of ether oxygens (including phenoxy) is 1. The van der Waals surface area contributed by atoms with Gasteiger partial charge in [-0.1, -0.05) is 19.1 Å². The van der Waals surface area contributed by atoms with E-state index in [0.29, 0.717) is 6.61 Å². The number of carbonyl (C=O) groups excluding carboxylic acids is 1. The Morgan fingerprint density at radius 1 is 1.53 bits per heavy atom. The highest BCUT2D eigenvalue weighted by Crippen LogP contribution is 2.27. The van der Waals surface area contributed by atoms with E-state index in [0.717, 1.165) is 35.7 Å². The molecule has 92 valence electrons. The molecule has 0 aliphatic carbocycles. The molecule has 1 fully saturated rings. The molecule has 1 atom stereocenters. The summed E-state index contributed by atoms with van der Waals surface area (Å²) in [6.07, 6.45) is 2.00. The second-order valence-corrected chi connectivity index (χ2v) is 5.45. The summed E-state index contributed by atoms with van der Waals surface area (Å²) in [7, 11) is 0. The fourth-order valence-corrected chi connectivity index (χ4v) is 3.16. The molecule has 1 aromatic rings. The molecule has 17 heavy (non-hydrogen) atoms. The van der Waals surface area contributed by atoms with E-state index in [2.05, 4.69) is 6.92 Å². The number of benzene rings is 1. The summed E-state index contributed by atoms with van der Waals surface area (Å²) in [6, 6.07) is 7.58. The summed E-state index contributed by atoms with van der Waals surface area (Å²) >= 11 is 1.87. The molecule has 1 aliphatic rings. The minimum absolute atomic E-state index is 0.210. The van der Waals surface area contributed by atoms with Gasteiger partial charge in [0.05, 0.1) is 6.61 Å². The van der Waals surface area contributed by atoms with E-state index in [-0.39, 0.29) is 11.7 Å². The van der Waals surface area contributed by atoms with Gasteiger partial charge in [0.2, 0.25) is 0 Å². The van der Waals surface area contributed by atoms with Crippen molar-refractivity contribution in [3.8, 4) is 5.75 Å². The third-order valence-electron chi connectivity index (χ3n) is 2.89. The molecule has 1 saturated heterocycles. The normalized spacial score (nSPS) is 19.2. The fourth-order valence-electron chi connectivity index (χ4n) is 1.94. The largest absolute Gasteiger partial charge is 0.494 e. The Morgan fingerprint density at radius 2 is 2.41 bits per heavy atom. The zero-order chi connectivity index (χ0) is 12.1. The van der Waals surface area contributed by atoms with E-state index < -0.39 is 0 Å². The minimum Gasteiger partial charge on any atom is -0.494 e. The van der Waals surface area contributed by atoms with Crippen LogP contribution in [-0.2, 0) is 0 Å². The third kappa shape index (κ3) is 3.25. The van der Waals surface area contributed by atoms with E-state index >= 15 is 0 Å². The van der Waals surface area contributed by atoms with Crippen LogP contribution in [0, 0.1) is 5.92 Å². The van der Waals surface area contributed by atoms with Gasteiger partial charge in [-0.05, 0) is 30.7 Å². The van der Waals surface area contributed by atoms with Crippen molar-refractivity contribution in [1.82, 2.24) is 0 Å². The van der Waals surface area contributed by atoms with Crippen LogP contribution < -0.4 is 4.74 Å². The lowest BCUT2D eigenvalue weighted by Gasteiger charge is -2.09. The first-order chi connectivity index (χ1) is 8.31. The number of rotatable bonds is 5. The Kier molecular flexibility index (Phi) is 4.49. The number of ketones is 1. The molecular formula is C14H18O2S. The van der Waals surface area contributed by atoms with Crippen molar-refractivity contribution in [2.24, 2.45) is 5.92 Å². The van der Waals surface area contributed by atoms with E-state index in [1.54, 1.807) is 0 Å². The molecule has 0 saturated carbocycles. The van der Waals surface area contributed by atoms with Gasteiger partial charge in [-0.2, -0.15) is 11.8 Å². The molecular weight excluding hydrogens is 232 g/mol. The summed E-state index contributed by atoms with van der Waals surface area (Å²) in [5.41, 5.74) is 0.797. The van der Waals surface area contributed by atoms with E-state index in [4.69, 9.17) is 4.74 Å². The molecule has 2 rings (SSSR count). The molecule has 3 heteroatoms. The average molecular weight is 250 g/mol. The fraction of sp³-hybridized carbons (Fsp3) is 0.500. The average Bonchev–Trinajstić information content (AvgIpc) is 2.89. The smallest absolute Gasteiger partial charge is 0.166 e. The number of carbonyl (C=O) groups is 1. The van der Waals surface area contributed by atoms with Gasteiger partial charge in [0, 0.05) is 17.2 Å². The van der Waals surface area contributed by atoms with Gasteiger partial charge >= 0.3 is 0 Å². The molecule has 1 unspecified atom stereocenters. The van der Waals surface area contributed by atoms with Crippen LogP contribution in [0.2, 0.25) is 0 Å². The SMILES string of the molecule is CCCOc1cccc(C(=O)C2CCSC2)c1.